The van der Waals surface area contributed by atoms with Crippen molar-refractivity contribution in [1.29, 1.82) is 0 Å². The minimum absolute atomic E-state index is 0.136. The van der Waals surface area contributed by atoms with Gasteiger partial charge in [-0.2, -0.15) is 0 Å². The van der Waals surface area contributed by atoms with Gasteiger partial charge in [0.25, 0.3) is 0 Å². The zero-order valence-corrected chi connectivity index (χ0v) is 13.1. The van der Waals surface area contributed by atoms with Crippen LogP contribution in [0.4, 0.5) is 10.1 Å². The predicted molar refractivity (Wildman–Crippen MR) is 81.7 cm³/mol. The smallest absolute Gasteiger partial charge is 0.123 e. The predicted octanol–water partition coefficient (Wildman–Crippen LogP) is 4.50. The summed E-state index contributed by atoms with van der Waals surface area (Å²) in [5, 5.41) is 12.7. The second-order valence-corrected chi connectivity index (χ2v) is 5.73. The van der Waals surface area contributed by atoms with Gasteiger partial charge in [-0.15, -0.1) is 0 Å². The largest absolute Gasteiger partial charge is 0.394 e. The van der Waals surface area contributed by atoms with E-state index in [0.29, 0.717) is 5.56 Å². The van der Waals surface area contributed by atoms with E-state index in [1.54, 1.807) is 6.07 Å². The molecule has 0 amide bonds. The molecule has 0 heterocycles. The molecule has 0 fully saturated rings. The summed E-state index contributed by atoms with van der Waals surface area (Å²) in [6.07, 6.45) is 0. The van der Waals surface area contributed by atoms with Crippen molar-refractivity contribution in [2.24, 2.45) is 0 Å². The quantitative estimate of drug-likeness (QED) is 0.808. The third kappa shape index (κ3) is 3.55. The Bertz CT molecular complexity index is 577. The second kappa shape index (κ2) is 6.50. The lowest BCUT2D eigenvalue weighted by atomic mass is 10.1. The fourth-order valence-corrected chi connectivity index (χ4v) is 2.69. The van der Waals surface area contributed by atoms with Gasteiger partial charge in [0.2, 0.25) is 0 Å². The molecular formula is C14H12Br2FNO. The molecule has 0 saturated carbocycles. The lowest BCUT2D eigenvalue weighted by Crippen LogP contribution is -2.16. The van der Waals surface area contributed by atoms with E-state index in [9.17, 15) is 9.50 Å². The molecule has 0 aliphatic rings. The van der Waals surface area contributed by atoms with Gasteiger partial charge < -0.3 is 10.4 Å². The summed E-state index contributed by atoms with van der Waals surface area (Å²) in [5.74, 6) is -0.328. The molecule has 2 nitrogen and oxygen atoms in total. The average Bonchev–Trinajstić information content (AvgIpc) is 2.41. The van der Waals surface area contributed by atoms with Crippen molar-refractivity contribution < 1.29 is 9.50 Å². The number of para-hydroxylation sites is 1. The Hall–Kier alpha value is -0.910. The van der Waals surface area contributed by atoms with E-state index in [2.05, 4.69) is 37.2 Å². The zero-order chi connectivity index (χ0) is 13.8. The Labute approximate surface area is 127 Å². The molecule has 2 aromatic carbocycles. The van der Waals surface area contributed by atoms with Crippen molar-refractivity contribution in [2.75, 3.05) is 11.9 Å². The summed E-state index contributed by atoms with van der Waals surface area (Å²) in [6, 6.07) is 11.6. The standard InChI is InChI=1S/C14H12Br2FNO/c15-11-6-5-9(17)7-10(11)14(8-19)18-13-4-2-1-3-12(13)16/h1-7,14,18-19H,8H2. The van der Waals surface area contributed by atoms with Crippen LogP contribution in [0.3, 0.4) is 0 Å². The molecule has 0 aliphatic heterocycles. The lowest BCUT2D eigenvalue weighted by Gasteiger charge is -2.20. The van der Waals surface area contributed by atoms with E-state index in [1.165, 1.54) is 12.1 Å². The molecule has 100 valence electrons. The Balaban J connectivity index is 2.30. The Morgan fingerprint density at radius 3 is 2.53 bits per heavy atom. The average molecular weight is 389 g/mol. The van der Waals surface area contributed by atoms with Crippen LogP contribution in [0.25, 0.3) is 0 Å². The van der Waals surface area contributed by atoms with Crippen LogP contribution in [0.15, 0.2) is 51.4 Å². The van der Waals surface area contributed by atoms with Gasteiger partial charge in [-0.05, 0) is 51.8 Å². The van der Waals surface area contributed by atoms with Crippen LogP contribution in [0, 0.1) is 5.82 Å². The fourth-order valence-electron chi connectivity index (χ4n) is 1.77. The highest BCUT2D eigenvalue weighted by Crippen LogP contribution is 2.30. The van der Waals surface area contributed by atoms with E-state index in [-0.39, 0.29) is 18.5 Å². The summed E-state index contributed by atoms with van der Waals surface area (Å²) in [7, 11) is 0. The topological polar surface area (TPSA) is 32.3 Å². The molecule has 0 aliphatic carbocycles. The van der Waals surface area contributed by atoms with Gasteiger partial charge in [-0.25, -0.2) is 4.39 Å². The van der Waals surface area contributed by atoms with Crippen molar-refractivity contribution >= 4 is 37.5 Å². The van der Waals surface area contributed by atoms with E-state index in [1.807, 2.05) is 24.3 Å². The zero-order valence-electron chi connectivity index (χ0n) is 9.91. The van der Waals surface area contributed by atoms with Crippen LogP contribution in [0.2, 0.25) is 0 Å². The number of anilines is 1. The molecule has 0 radical (unpaired) electrons. The molecule has 0 saturated heterocycles. The van der Waals surface area contributed by atoms with Crippen molar-refractivity contribution in [3.05, 3.63) is 62.8 Å². The van der Waals surface area contributed by atoms with Gasteiger partial charge in [0.05, 0.1) is 12.6 Å². The molecule has 2 rings (SSSR count). The van der Waals surface area contributed by atoms with Crippen molar-refractivity contribution in [2.45, 2.75) is 6.04 Å². The fraction of sp³-hybridized carbons (Fsp3) is 0.143. The van der Waals surface area contributed by atoms with Crippen LogP contribution in [-0.2, 0) is 0 Å². The summed E-state index contributed by atoms with van der Waals surface area (Å²) in [6.45, 7) is -0.136. The van der Waals surface area contributed by atoms with Crippen LogP contribution < -0.4 is 5.32 Å². The summed E-state index contributed by atoms with van der Waals surface area (Å²) >= 11 is 6.80. The maximum absolute atomic E-state index is 13.3. The Morgan fingerprint density at radius 2 is 1.84 bits per heavy atom. The minimum atomic E-state index is -0.385. The van der Waals surface area contributed by atoms with Crippen LogP contribution in [0.5, 0.6) is 0 Å². The first-order valence-corrected chi connectivity index (χ1v) is 7.27. The first kappa shape index (κ1) is 14.5. The van der Waals surface area contributed by atoms with Crippen LogP contribution >= 0.6 is 31.9 Å². The molecule has 19 heavy (non-hydrogen) atoms. The maximum Gasteiger partial charge on any atom is 0.123 e. The molecule has 2 N–H and O–H groups in total. The number of rotatable bonds is 4. The molecule has 0 spiro atoms. The molecular weight excluding hydrogens is 377 g/mol. The highest BCUT2D eigenvalue weighted by atomic mass is 79.9. The van der Waals surface area contributed by atoms with E-state index < -0.39 is 0 Å². The number of halogens is 3. The van der Waals surface area contributed by atoms with E-state index in [4.69, 9.17) is 0 Å². The van der Waals surface area contributed by atoms with Gasteiger partial charge in [-0.3, -0.25) is 0 Å². The third-order valence-electron chi connectivity index (χ3n) is 2.72. The minimum Gasteiger partial charge on any atom is -0.394 e. The normalized spacial score (nSPS) is 12.2. The Morgan fingerprint density at radius 1 is 1.11 bits per heavy atom. The number of benzene rings is 2. The van der Waals surface area contributed by atoms with Gasteiger partial charge in [-0.1, -0.05) is 28.1 Å². The summed E-state index contributed by atoms with van der Waals surface area (Å²) in [5.41, 5.74) is 1.52. The number of aliphatic hydroxyl groups is 1. The molecule has 0 bridgehead atoms. The van der Waals surface area contributed by atoms with E-state index in [0.717, 1.165) is 14.6 Å². The summed E-state index contributed by atoms with van der Waals surface area (Å²) in [4.78, 5) is 0. The summed E-state index contributed by atoms with van der Waals surface area (Å²) < 4.78 is 15.0. The number of hydrogen-bond donors (Lipinski definition) is 2. The Kier molecular flexibility index (Phi) is 4.96. The number of aliphatic hydroxyl groups excluding tert-OH is 1. The SMILES string of the molecule is OCC(Nc1ccccc1Br)c1cc(F)ccc1Br. The number of nitrogens with one attached hydrogen (secondary N) is 1. The molecule has 1 unspecified atom stereocenters. The van der Waals surface area contributed by atoms with Gasteiger partial charge >= 0.3 is 0 Å². The monoisotopic (exact) mass is 387 g/mol. The van der Waals surface area contributed by atoms with Crippen molar-refractivity contribution in [3.8, 4) is 0 Å². The number of hydrogen-bond acceptors (Lipinski definition) is 2. The van der Waals surface area contributed by atoms with Gasteiger partial charge in [0, 0.05) is 14.6 Å². The van der Waals surface area contributed by atoms with Crippen molar-refractivity contribution in [1.82, 2.24) is 0 Å². The highest BCUT2D eigenvalue weighted by Gasteiger charge is 2.15. The van der Waals surface area contributed by atoms with Crippen LogP contribution in [-0.4, -0.2) is 11.7 Å². The molecule has 2 aromatic rings. The highest BCUT2D eigenvalue weighted by molar-refractivity contribution is 9.11. The second-order valence-electron chi connectivity index (χ2n) is 4.03. The third-order valence-corrected chi connectivity index (χ3v) is 4.13. The molecule has 5 heteroatoms. The lowest BCUT2D eigenvalue weighted by molar-refractivity contribution is 0.276. The first-order valence-electron chi connectivity index (χ1n) is 5.68. The van der Waals surface area contributed by atoms with E-state index >= 15 is 0 Å². The molecule has 0 aromatic heterocycles. The van der Waals surface area contributed by atoms with Gasteiger partial charge in [0.15, 0.2) is 0 Å². The molecule has 1 atom stereocenters. The van der Waals surface area contributed by atoms with Crippen molar-refractivity contribution in [3.63, 3.8) is 0 Å². The maximum atomic E-state index is 13.3. The first-order chi connectivity index (χ1) is 9.11. The van der Waals surface area contributed by atoms with Crippen LogP contribution in [0.1, 0.15) is 11.6 Å². The van der Waals surface area contributed by atoms with Gasteiger partial charge in [0.1, 0.15) is 5.82 Å².